The Kier molecular flexibility index (Phi) is 5.34. The minimum Gasteiger partial charge on any atom is -0.294 e. The van der Waals surface area contributed by atoms with Gasteiger partial charge in [-0.05, 0) is 43.5 Å². The van der Waals surface area contributed by atoms with E-state index in [1.165, 1.54) is 21.5 Å². The standard InChI is InChI=1S/C22H21N3O2S2/c1-14-9-15(2)20-18(10-14)29-21(23-20)25(11-17-7-5-4-6-8-17)19(26)12-24-16(3)13-28-22(24)27/h4-10,13H,11-12H2,1-3H3. The number of aryl methyl sites for hydroxylation is 3. The third kappa shape index (κ3) is 4.02. The van der Waals surface area contributed by atoms with Gasteiger partial charge in [0.25, 0.3) is 0 Å². The van der Waals surface area contributed by atoms with E-state index in [-0.39, 0.29) is 17.3 Å². The molecule has 0 aliphatic heterocycles. The highest BCUT2D eigenvalue weighted by Crippen LogP contribution is 2.32. The number of hydrogen-bond acceptors (Lipinski definition) is 5. The van der Waals surface area contributed by atoms with Gasteiger partial charge < -0.3 is 0 Å². The summed E-state index contributed by atoms with van der Waals surface area (Å²) in [6.07, 6.45) is 0. The second-order valence-corrected chi connectivity index (χ2v) is 8.95. The first kappa shape index (κ1) is 19.5. The zero-order valence-corrected chi connectivity index (χ0v) is 18.1. The molecular formula is C22H21N3O2S2. The monoisotopic (exact) mass is 423 g/mol. The van der Waals surface area contributed by atoms with Crippen molar-refractivity contribution >= 4 is 43.9 Å². The van der Waals surface area contributed by atoms with E-state index in [1.54, 1.807) is 10.3 Å². The van der Waals surface area contributed by atoms with Crippen molar-refractivity contribution in [2.24, 2.45) is 0 Å². The smallest absolute Gasteiger partial charge is 0.294 e. The molecule has 0 radical (unpaired) electrons. The van der Waals surface area contributed by atoms with E-state index in [0.717, 1.165) is 38.4 Å². The zero-order valence-electron chi connectivity index (χ0n) is 16.5. The molecule has 0 unspecified atom stereocenters. The van der Waals surface area contributed by atoms with Crippen molar-refractivity contribution < 1.29 is 4.79 Å². The van der Waals surface area contributed by atoms with Crippen LogP contribution >= 0.6 is 22.7 Å². The van der Waals surface area contributed by atoms with E-state index < -0.39 is 0 Å². The number of amides is 1. The van der Waals surface area contributed by atoms with E-state index in [9.17, 15) is 9.59 Å². The molecule has 0 saturated heterocycles. The second-order valence-electron chi connectivity index (χ2n) is 7.12. The average Bonchev–Trinajstić information content (AvgIpc) is 3.25. The van der Waals surface area contributed by atoms with Crippen molar-refractivity contribution in [3.05, 3.63) is 79.9 Å². The van der Waals surface area contributed by atoms with E-state index >= 15 is 0 Å². The van der Waals surface area contributed by atoms with Gasteiger partial charge >= 0.3 is 4.87 Å². The predicted molar refractivity (Wildman–Crippen MR) is 120 cm³/mol. The second kappa shape index (κ2) is 7.93. The number of hydrogen-bond donors (Lipinski definition) is 0. The quantitative estimate of drug-likeness (QED) is 0.468. The summed E-state index contributed by atoms with van der Waals surface area (Å²) in [5, 5.41) is 2.43. The fourth-order valence-electron chi connectivity index (χ4n) is 3.32. The number of benzene rings is 2. The topological polar surface area (TPSA) is 55.2 Å². The van der Waals surface area contributed by atoms with Gasteiger partial charge in [0, 0.05) is 11.1 Å². The lowest BCUT2D eigenvalue weighted by Gasteiger charge is -2.20. The Labute approximate surface area is 176 Å². The van der Waals surface area contributed by atoms with Crippen molar-refractivity contribution in [2.75, 3.05) is 4.90 Å². The molecule has 0 saturated carbocycles. The van der Waals surface area contributed by atoms with Crippen LogP contribution in [0.25, 0.3) is 10.2 Å². The van der Waals surface area contributed by atoms with Gasteiger partial charge in [0.1, 0.15) is 6.54 Å². The molecule has 29 heavy (non-hydrogen) atoms. The first-order valence-electron chi connectivity index (χ1n) is 9.29. The molecular weight excluding hydrogens is 402 g/mol. The molecule has 0 fully saturated rings. The molecule has 0 aliphatic rings. The Hall–Kier alpha value is -2.77. The van der Waals surface area contributed by atoms with Gasteiger partial charge in [0.05, 0.1) is 16.8 Å². The van der Waals surface area contributed by atoms with Crippen LogP contribution in [0.4, 0.5) is 5.13 Å². The van der Waals surface area contributed by atoms with Crippen LogP contribution in [0, 0.1) is 20.8 Å². The lowest BCUT2D eigenvalue weighted by molar-refractivity contribution is -0.119. The van der Waals surface area contributed by atoms with E-state index in [2.05, 4.69) is 19.1 Å². The lowest BCUT2D eigenvalue weighted by Crippen LogP contribution is -2.35. The van der Waals surface area contributed by atoms with Crippen LogP contribution in [0.1, 0.15) is 22.4 Å². The van der Waals surface area contributed by atoms with E-state index in [1.807, 2.05) is 44.2 Å². The highest BCUT2D eigenvalue weighted by Gasteiger charge is 2.22. The largest absolute Gasteiger partial charge is 0.307 e. The molecule has 0 N–H and O–H groups in total. The summed E-state index contributed by atoms with van der Waals surface area (Å²) in [7, 11) is 0. The van der Waals surface area contributed by atoms with Crippen LogP contribution < -0.4 is 9.77 Å². The summed E-state index contributed by atoms with van der Waals surface area (Å²) in [5.41, 5.74) is 5.00. The van der Waals surface area contributed by atoms with Crippen molar-refractivity contribution in [3.8, 4) is 0 Å². The van der Waals surface area contributed by atoms with E-state index in [4.69, 9.17) is 4.98 Å². The van der Waals surface area contributed by atoms with Crippen LogP contribution in [0.5, 0.6) is 0 Å². The normalized spacial score (nSPS) is 11.1. The van der Waals surface area contributed by atoms with Gasteiger partial charge in [0.2, 0.25) is 5.91 Å². The number of thiazole rings is 2. The Bertz CT molecular complexity index is 1240. The van der Waals surface area contributed by atoms with Crippen molar-refractivity contribution in [2.45, 2.75) is 33.9 Å². The average molecular weight is 424 g/mol. The van der Waals surface area contributed by atoms with E-state index in [0.29, 0.717) is 11.7 Å². The number of aromatic nitrogens is 2. The minimum atomic E-state index is -0.147. The Balaban J connectivity index is 1.75. The zero-order chi connectivity index (χ0) is 20.5. The highest BCUT2D eigenvalue weighted by atomic mass is 32.1. The number of carbonyl (C=O) groups is 1. The molecule has 7 heteroatoms. The van der Waals surface area contributed by atoms with Crippen molar-refractivity contribution in [1.82, 2.24) is 9.55 Å². The first-order valence-corrected chi connectivity index (χ1v) is 11.0. The molecule has 0 aliphatic carbocycles. The summed E-state index contributed by atoms with van der Waals surface area (Å²) in [6.45, 7) is 6.36. The third-order valence-corrected chi connectivity index (χ3v) is 6.71. The molecule has 2 aromatic heterocycles. The number of nitrogens with zero attached hydrogens (tertiary/aromatic N) is 3. The maximum atomic E-state index is 13.3. The van der Waals surface area contributed by atoms with Crippen LogP contribution in [0.3, 0.4) is 0 Å². The molecule has 0 atom stereocenters. The van der Waals surface area contributed by atoms with Crippen LogP contribution in [0.2, 0.25) is 0 Å². The first-order chi connectivity index (χ1) is 13.9. The van der Waals surface area contributed by atoms with Crippen molar-refractivity contribution in [1.29, 1.82) is 0 Å². The summed E-state index contributed by atoms with van der Waals surface area (Å²) in [4.78, 5) is 31.8. The van der Waals surface area contributed by atoms with Gasteiger partial charge in [-0.25, -0.2) is 4.98 Å². The fraction of sp³-hybridized carbons (Fsp3) is 0.227. The molecule has 1 amide bonds. The molecule has 148 valence electrons. The maximum Gasteiger partial charge on any atom is 0.307 e. The molecule has 0 bridgehead atoms. The predicted octanol–water partition coefficient (Wildman–Crippen LogP) is 4.68. The van der Waals surface area contributed by atoms with Gasteiger partial charge in [-0.2, -0.15) is 0 Å². The molecule has 2 heterocycles. The molecule has 2 aromatic carbocycles. The molecule has 4 aromatic rings. The lowest BCUT2D eigenvalue weighted by atomic mass is 10.1. The Morgan fingerprint density at radius 1 is 1.14 bits per heavy atom. The highest BCUT2D eigenvalue weighted by molar-refractivity contribution is 7.22. The summed E-state index contributed by atoms with van der Waals surface area (Å²) in [5.74, 6) is -0.147. The van der Waals surface area contributed by atoms with Gasteiger partial charge in [-0.15, -0.1) is 0 Å². The van der Waals surface area contributed by atoms with Crippen LogP contribution in [-0.2, 0) is 17.9 Å². The van der Waals surface area contributed by atoms with Gasteiger partial charge in [-0.3, -0.25) is 19.1 Å². The molecule has 5 nitrogen and oxygen atoms in total. The number of carbonyl (C=O) groups excluding carboxylic acids is 1. The number of fused-ring (bicyclic) bond motifs is 1. The minimum absolute atomic E-state index is 0.00886. The van der Waals surface area contributed by atoms with Crippen LogP contribution in [-0.4, -0.2) is 15.5 Å². The number of anilines is 1. The molecule has 0 spiro atoms. The summed E-state index contributed by atoms with van der Waals surface area (Å²) < 4.78 is 2.58. The Morgan fingerprint density at radius 3 is 2.59 bits per heavy atom. The fourth-order valence-corrected chi connectivity index (χ4v) is 5.21. The van der Waals surface area contributed by atoms with Crippen LogP contribution in [0.15, 0.2) is 52.6 Å². The third-order valence-electron chi connectivity index (χ3n) is 4.80. The van der Waals surface area contributed by atoms with Crippen molar-refractivity contribution in [3.63, 3.8) is 0 Å². The number of rotatable bonds is 5. The maximum absolute atomic E-state index is 13.3. The molecule has 4 rings (SSSR count). The summed E-state index contributed by atoms with van der Waals surface area (Å²) in [6, 6.07) is 14.0. The SMILES string of the molecule is Cc1cc(C)c2nc(N(Cc3ccccc3)C(=O)Cn3c(C)csc3=O)sc2c1. The van der Waals surface area contributed by atoms with Gasteiger partial charge in [0.15, 0.2) is 5.13 Å². The van der Waals surface area contributed by atoms with Gasteiger partial charge in [-0.1, -0.05) is 59.1 Å². The summed E-state index contributed by atoms with van der Waals surface area (Å²) >= 11 is 2.63. The Morgan fingerprint density at radius 2 is 1.90 bits per heavy atom.